The van der Waals surface area contributed by atoms with Crippen molar-refractivity contribution in [3.63, 3.8) is 0 Å². The molecule has 0 amide bonds. The van der Waals surface area contributed by atoms with Crippen LogP contribution in [0.2, 0.25) is 0 Å². The van der Waals surface area contributed by atoms with E-state index in [1.54, 1.807) is 0 Å². The molecule has 2 aromatic carbocycles. The van der Waals surface area contributed by atoms with Crippen LogP contribution in [0.5, 0.6) is 0 Å². The van der Waals surface area contributed by atoms with Gasteiger partial charge >= 0.3 is 0 Å². The Morgan fingerprint density at radius 3 is 2.43 bits per heavy atom. The predicted octanol–water partition coefficient (Wildman–Crippen LogP) is 3.47. The summed E-state index contributed by atoms with van der Waals surface area (Å²) in [5, 5.41) is 0. The van der Waals surface area contributed by atoms with E-state index in [0.29, 0.717) is 11.1 Å². The van der Waals surface area contributed by atoms with Gasteiger partial charge in [0.15, 0.2) is 17.5 Å². The molecule has 3 rings (SSSR count). The monoisotopic (exact) mass is 295 g/mol. The van der Waals surface area contributed by atoms with Gasteiger partial charge in [0.1, 0.15) is 5.82 Å². The van der Waals surface area contributed by atoms with Crippen LogP contribution in [0.3, 0.4) is 0 Å². The first-order chi connectivity index (χ1) is 9.90. The van der Waals surface area contributed by atoms with E-state index in [4.69, 9.17) is 5.73 Å². The molecule has 0 saturated carbocycles. The Labute approximate surface area is 116 Å². The van der Waals surface area contributed by atoms with Gasteiger partial charge in [-0.05, 0) is 30.7 Å². The maximum absolute atomic E-state index is 13.9. The Balaban J connectivity index is 2.38. The van der Waals surface area contributed by atoms with Crippen LogP contribution < -0.4 is 5.73 Å². The Hall–Kier alpha value is -2.57. The minimum absolute atomic E-state index is 0.153. The van der Waals surface area contributed by atoms with Crippen molar-refractivity contribution in [1.29, 1.82) is 0 Å². The summed E-state index contributed by atoms with van der Waals surface area (Å²) in [6, 6.07) is 4.39. The van der Waals surface area contributed by atoms with E-state index < -0.39 is 23.3 Å². The van der Waals surface area contributed by atoms with Crippen LogP contribution in [0.4, 0.5) is 23.5 Å². The Morgan fingerprint density at radius 2 is 1.71 bits per heavy atom. The van der Waals surface area contributed by atoms with Crippen LogP contribution in [0.1, 0.15) is 5.56 Å². The molecule has 0 saturated heterocycles. The molecule has 2 N–H and O–H groups in total. The zero-order chi connectivity index (χ0) is 15.3. The Kier molecular flexibility index (Phi) is 2.86. The molecular weight excluding hydrogens is 286 g/mol. The van der Waals surface area contributed by atoms with Crippen LogP contribution in [0.15, 0.2) is 24.3 Å². The molecule has 0 aliphatic rings. The SMILES string of the molecule is Cc1cc2c(cc1F)nc(N)n2-c1ccc(F)c(F)c1F. The summed E-state index contributed by atoms with van der Waals surface area (Å²) < 4.78 is 54.9. The normalized spacial score (nSPS) is 11.3. The maximum Gasteiger partial charge on any atom is 0.206 e. The van der Waals surface area contributed by atoms with Gasteiger partial charge in [0.05, 0.1) is 16.7 Å². The molecular formula is C14H9F4N3. The Bertz CT molecular complexity index is 871. The number of fused-ring (bicyclic) bond motifs is 1. The summed E-state index contributed by atoms with van der Waals surface area (Å²) >= 11 is 0. The average Bonchev–Trinajstić information content (AvgIpc) is 2.73. The van der Waals surface area contributed by atoms with Crippen molar-refractivity contribution in [2.24, 2.45) is 0 Å². The van der Waals surface area contributed by atoms with Crippen molar-refractivity contribution in [2.75, 3.05) is 5.73 Å². The number of imidazole rings is 1. The molecule has 3 nitrogen and oxygen atoms in total. The van der Waals surface area contributed by atoms with Gasteiger partial charge in [-0.1, -0.05) is 0 Å². The molecule has 7 heteroatoms. The lowest BCUT2D eigenvalue weighted by Gasteiger charge is -2.09. The molecule has 0 spiro atoms. The third kappa shape index (κ3) is 1.93. The number of benzene rings is 2. The molecule has 0 fully saturated rings. The second kappa shape index (κ2) is 4.47. The predicted molar refractivity (Wildman–Crippen MR) is 70.1 cm³/mol. The molecule has 0 bridgehead atoms. The van der Waals surface area contributed by atoms with Crippen molar-refractivity contribution in [3.05, 3.63) is 53.1 Å². The molecule has 21 heavy (non-hydrogen) atoms. The van der Waals surface area contributed by atoms with Crippen molar-refractivity contribution < 1.29 is 17.6 Å². The first-order valence-corrected chi connectivity index (χ1v) is 5.98. The highest BCUT2D eigenvalue weighted by Crippen LogP contribution is 2.28. The maximum atomic E-state index is 13.9. The summed E-state index contributed by atoms with van der Waals surface area (Å²) in [6.07, 6.45) is 0. The molecule has 3 aromatic rings. The van der Waals surface area contributed by atoms with Crippen LogP contribution in [0, 0.1) is 30.2 Å². The number of nitrogen functional groups attached to an aromatic ring is 1. The number of nitrogens with two attached hydrogens (primary N) is 1. The summed E-state index contributed by atoms with van der Waals surface area (Å²) in [7, 11) is 0. The minimum atomic E-state index is -1.60. The van der Waals surface area contributed by atoms with Gasteiger partial charge in [0.2, 0.25) is 5.95 Å². The summed E-state index contributed by atoms with van der Waals surface area (Å²) in [5.74, 6) is -4.94. The van der Waals surface area contributed by atoms with E-state index in [2.05, 4.69) is 4.98 Å². The number of hydrogen-bond acceptors (Lipinski definition) is 2. The fourth-order valence-electron chi connectivity index (χ4n) is 2.16. The van der Waals surface area contributed by atoms with Gasteiger partial charge in [-0.3, -0.25) is 4.57 Å². The van der Waals surface area contributed by atoms with Gasteiger partial charge in [0.25, 0.3) is 0 Å². The molecule has 0 radical (unpaired) electrons. The first kappa shape index (κ1) is 13.4. The van der Waals surface area contributed by atoms with Gasteiger partial charge in [-0.25, -0.2) is 22.5 Å². The highest BCUT2D eigenvalue weighted by atomic mass is 19.2. The molecule has 1 heterocycles. The van der Waals surface area contributed by atoms with Crippen LogP contribution in [-0.4, -0.2) is 9.55 Å². The van der Waals surface area contributed by atoms with Gasteiger partial charge in [0, 0.05) is 6.07 Å². The third-order valence-corrected chi connectivity index (χ3v) is 3.22. The van der Waals surface area contributed by atoms with Crippen LogP contribution in [0.25, 0.3) is 16.7 Å². The number of anilines is 1. The summed E-state index contributed by atoms with van der Waals surface area (Å²) in [4.78, 5) is 3.90. The quantitative estimate of drug-likeness (QED) is 0.552. The van der Waals surface area contributed by atoms with Gasteiger partial charge in [-0.2, -0.15) is 0 Å². The third-order valence-electron chi connectivity index (χ3n) is 3.22. The lowest BCUT2D eigenvalue weighted by Crippen LogP contribution is -2.05. The van der Waals surface area contributed by atoms with E-state index in [0.717, 1.165) is 22.8 Å². The summed E-state index contributed by atoms with van der Waals surface area (Å²) in [5.41, 5.74) is 6.19. The molecule has 1 aromatic heterocycles. The number of rotatable bonds is 1. The fourth-order valence-corrected chi connectivity index (χ4v) is 2.16. The topological polar surface area (TPSA) is 43.8 Å². The second-order valence-electron chi connectivity index (χ2n) is 4.59. The first-order valence-electron chi connectivity index (χ1n) is 5.98. The van der Waals surface area contributed by atoms with Gasteiger partial charge < -0.3 is 5.73 Å². The molecule has 0 aliphatic heterocycles. The van der Waals surface area contributed by atoms with E-state index in [-0.39, 0.29) is 17.2 Å². The van der Waals surface area contributed by atoms with Crippen molar-refractivity contribution >= 4 is 17.0 Å². The lowest BCUT2D eigenvalue weighted by molar-refractivity contribution is 0.445. The standard InChI is InChI=1S/C14H9F4N3/c1-6-4-11-9(5-8(6)16)20-14(19)21(11)10-3-2-7(15)12(17)13(10)18/h2-5H,1H3,(H2,19,20). The lowest BCUT2D eigenvalue weighted by atomic mass is 10.2. The van der Waals surface area contributed by atoms with Gasteiger partial charge in [-0.15, -0.1) is 0 Å². The highest BCUT2D eigenvalue weighted by Gasteiger charge is 2.19. The van der Waals surface area contributed by atoms with Crippen LogP contribution >= 0.6 is 0 Å². The number of aromatic nitrogens is 2. The highest BCUT2D eigenvalue weighted by molar-refractivity contribution is 5.81. The van der Waals surface area contributed by atoms with Crippen molar-refractivity contribution in [2.45, 2.75) is 6.92 Å². The Morgan fingerprint density at radius 1 is 1.00 bits per heavy atom. The molecule has 0 unspecified atom stereocenters. The largest absolute Gasteiger partial charge is 0.369 e. The number of hydrogen-bond donors (Lipinski definition) is 1. The average molecular weight is 295 g/mol. The second-order valence-corrected chi connectivity index (χ2v) is 4.59. The fraction of sp³-hybridized carbons (Fsp3) is 0.0714. The van der Waals surface area contributed by atoms with E-state index in [1.807, 2.05) is 0 Å². The smallest absolute Gasteiger partial charge is 0.206 e. The zero-order valence-corrected chi connectivity index (χ0v) is 10.8. The van der Waals surface area contributed by atoms with Crippen molar-refractivity contribution in [1.82, 2.24) is 9.55 Å². The molecule has 0 aliphatic carbocycles. The van der Waals surface area contributed by atoms with Crippen LogP contribution in [-0.2, 0) is 0 Å². The molecule has 108 valence electrons. The number of halogens is 4. The number of aryl methyl sites for hydroxylation is 1. The zero-order valence-electron chi connectivity index (χ0n) is 10.8. The minimum Gasteiger partial charge on any atom is -0.369 e. The van der Waals surface area contributed by atoms with E-state index >= 15 is 0 Å². The summed E-state index contributed by atoms with van der Waals surface area (Å²) in [6.45, 7) is 1.52. The number of nitrogens with zero attached hydrogens (tertiary/aromatic N) is 2. The van der Waals surface area contributed by atoms with E-state index in [1.165, 1.54) is 13.0 Å². The molecule has 0 atom stereocenters. The van der Waals surface area contributed by atoms with E-state index in [9.17, 15) is 17.6 Å². The van der Waals surface area contributed by atoms with Crippen molar-refractivity contribution in [3.8, 4) is 5.69 Å².